The van der Waals surface area contributed by atoms with Crippen molar-refractivity contribution in [2.24, 2.45) is 0 Å². The first kappa shape index (κ1) is 24.8. The third-order valence-corrected chi connectivity index (χ3v) is 8.15. The summed E-state index contributed by atoms with van der Waals surface area (Å²) in [5.74, 6) is -1.76. The minimum Gasteiger partial charge on any atom is -0.345 e. The first-order chi connectivity index (χ1) is 17.5. The van der Waals surface area contributed by atoms with Gasteiger partial charge in [-0.1, -0.05) is 31.0 Å². The molecule has 0 aliphatic carbocycles. The van der Waals surface area contributed by atoms with Gasteiger partial charge in [-0.25, -0.2) is 18.1 Å². The molecule has 2 aromatic carbocycles. The van der Waals surface area contributed by atoms with Crippen LogP contribution in [0.4, 0.5) is 14.5 Å². The first-order valence-electron chi connectivity index (χ1n) is 12.0. The van der Waals surface area contributed by atoms with Gasteiger partial charge in [-0.3, -0.25) is 4.79 Å². The summed E-state index contributed by atoms with van der Waals surface area (Å²) in [7, 11) is 0. The fourth-order valence-electron chi connectivity index (χ4n) is 4.19. The number of nitrogens with one attached hydrogen (secondary N) is 2. The number of H-pyrrole nitrogens is 1. The lowest BCUT2D eigenvalue weighted by molar-refractivity contribution is 0.103. The lowest BCUT2D eigenvalue weighted by Crippen LogP contribution is -2.09. The zero-order valence-corrected chi connectivity index (χ0v) is 21.4. The van der Waals surface area contributed by atoms with E-state index in [1.807, 2.05) is 25.1 Å². The van der Waals surface area contributed by atoms with E-state index < -0.39 is 23.0 Å². The molecular weight excluding hydrogens is 498 g/mol. The summed E-state index contributed by atoms with van der Waals surface area (Å²) in [4.78, 5) is 21.9. The molecule has 0 unspecified atom stereocenters. The molecule has 36 heavy (non-hydrogen) atoms. The number of nitrogens with zero attached hydrogens (tertiary/aromatic N) is 2. The van der Waals surface area contributed by atoms with Crippen LogP contribution in [0, 0.1) is 11.6 Å². The summed E-state index contributed by atoms with van der Waals surface area (Å²) < 4.78 is 35.1. The summed E-state index contributed by atoms with van der Waals surface area (Å²) in [5, 5.41) is 0.519. The summed E-state index contributed by atoms with van der Waals surface area (Å²) in [6, 6.07) is 12.5. The third kappa shape index (κ3) is 5.14. The van der Waals surface area contributed by atoms with E-state index in [1.165, 1.54) is 41.9 Å². The molecule has 0 bridgehead atoms. The number of anilines is 1. The van der Waals surface area contributed by atoms with Crippen LogP contribution in [0.15, 0.2) is 59.8 Å². The Kier molecular flexibility index (Phi) is 7.59. The van der Waals surface area contributed by atoms with E-state index in [-0.39, 0.29) is 11.3 Å². The van der Waals surface area contributed by atoms with Crippen LogP contribution in [0.2, 0.25) is 0 Å². The topological polar surface area (TPSA) is 61.0 Å². The molecule has 0 saturated carbocycles. The van der Waals surface area contributed by atoms with Crippen molar-refractivity contribution in [3.8, 4) is 11.1 Å². The van der Waals surface area contributed by atoms with Gasteiger partial charge in [-0.15, -0.1) is 0 Å². The van der Waals surface area contributed by atoms with E-state index in [9.17, 15) is 9.18 Å². The fraction of sp³-hybridized carbons (Fsp3) is 0.259. The molecule has 5 rings (SSSR count). The highest BCUT2D eigenvalue weighted by Crippen LogP contribution is 2.32. The molecule has 2 N–H and O–H groups in total. The van der Waals surface area contributed by atoms with Crippen molar-refractivity contribution >= 4 is 46.4 Å². The van der Waals surface area contributed by atoms with E-state index >= 15 is 4.39 Å². The average molecular weight is 525 g/mol. The van der Waals surface area contributed by atoms with Crippen molar-refractivity contribution < 1.29 is 13.6 Å². The number of hydrogen-bond donors (Lipinski definition) is 2. The number of hydrogen-bond acceptors (Lipinski definition) is 6. The van der Waals surface area contributed by atoms with E-state index in [1.54, 1.807) is 18.1 Å². The van der Waals surface area contributed by atoms with Gasteiger partial charge in [0.15, 0.2) is 5.82 Å². The molecule has 0 radical (unpaired) electrons. The second-order valence-electron chi connectivity index (χ2n) is 8.64. The second kappa shape index (κ2) is 11.0. The number of halogens is 2. The fourth-order valence-corrected chi connectivity index (χ4v) is 5.81. The molecule has 0 spiro atoms. The van der Waals surface area contributed by atoms with E-state index in [0.29, 0.717) is 11.0 Å². The van der Waals surface area contributed by atoms with Crippen molar-refractivity contribution in [2.75, 3.05) is 23.6 Å². The number of benzene rings is 2. The number of rotatable bonds is 9. The van der Waals surface area contributed by atoms with Gasteiger partial charge in [-0.2, -0.15) is 0 Å². The number of carbonyl (C=O) groups is 1. The Morgan fingerprint density at radius 3 is 2.64 bits per heavy atom. The Balaban J connectivity index is 1.43. The maximum Gasteiger partial charge on any atom is 0.201 e. The number of pyridine rings is 1. The molecule has 186 valence electrons. The lowest BCUT2D eigenvalue weighted by atomic mass is 10.00. The van der Waals surface area contributed by atoms with Crippen LogP contribution in [0.1, 0.15) is 42.1 Å². The van der Waals surface area contributed by atoms with Crippen LogP contribution in [0.5, 0.6) is 0 Å². The molecule has 1 aliphatic heterocycles. The summed E-state index contributed by atoms with van der Waals surface area (Å²) >= 11 is 3.08. The minimum atomic E-state index is -0.895. The third-order valence-electron chi connectivity index (χ3n) is 6.07. The highest BCUT2D eigenvalue weighted by Gasteiger charge is 2.24. The Hall–Kier alpha value is -2.88. The van der Waals surface area contributed by atoms with E-state index in [2.05, 4.69) is 31.1 Å². The number of aromatic amines is 1. The van der Waals surface area contributed by atoms with Gasteiger partial charge in [0.25, 0.3) is 0 Å². The molecule has 2 aromatic heterocycles. The van der Waals surface area contributed by atoms with Gasteiger partial charge in [0, 0.05) is 52.6 Å². The highest BCUT2D eigenvalue weighted by atomic mass is 32.2. The van der Waals surface area contributed by atoms with E-state index in [4.69, 9.17) is 0 Å². The average Bonchev–Trinajstić information content (AvgIpc) is 3.55. The van der Waals surface area contributed by atoms with Gasteiger partial charge in [0.05, 0.1) is 11.3 Å². The van der Waals surface area contributed by atoms with Crippen LogP contribution in [0.25, 0.3) is 22.2 Å². The molecule has 1 fully saturated rings. The molecule has 0 amide bonds. The van der Waals surface area contributed by atoms with Crippen LogP contribution in [-0.2, 0) is 0 Å². The van der Waals surface area contributed by atoms with E-state index in [0.717, 1.165) is 42.5 Å². The van der Waals surface area contributed by atoms with Gasteiger partial charge < -0.3 is 9.71 Å². The molecule has 5 nitrogen and oxygen atoms in total. The quantitative estimate of drug-likeness (QED) is 0.136. The summed E-state index contributed by atoms with van der Waals surface area (Å²) in [6.07, 6.45) is 6.57. The highest BCUT2D eigenvalue weighted by molar-refractivity contribution is 8.00. The standard InChI is InChI=1S/C27H26F2N4OS2/c1-2-13-35-32-23-10-9-22(28)24(25(23)29)26(34)21-16-31-27-20(21)14-18(15-30-27)17-5-7-19(8-6-17)36-33-11-3-4-12-33/h5-10,14-16,32H,2-4,11-13H2,1H3,(H,30,31). The maximum atomic E-state index is 15.2. The van der Waals surface area contributed by atoms with Crippen molar-refractivity contribution in [3.05, 3.63) is 77.6 Å². The van der Waals surface area contributed by atoms with Crippen LogP contribution in [-0.4, -0.2) is 38.9 Å². The number of fused-ring (bicyclic) bond motifs is 1. The molecule has 1 aliphatic rings. The number of ketones is 1. The van der Waals surface area contributed by atoms with Crippen molar-refractivity contribution in [3.63, 3.8) is 0 Å². The van der Waals surface area contributed by atoms with Crippen molar-refractivity contribution in [1.29, 1.82) is 0 Å². The Labute approximate surface area is 217 Å². The molecule has 9 heteroatoms. The second-order valence-corrected chi connectivity index (χ2v) is 10.7. The number of aromatic nitrogens is 2. The monoisotopic (exact) mass is 524 g/mol. The lowest BCUT2D eigenvalue weighted by Gasteiger charge is -2.13. The molecule has 3 heterocycles. The Bertz CT molecular complexity index is 1380. The molecular formula is C27H26F2N4OS2. The Morgan fingerprint density at radius 1 is 1.11 bits per heavy atom. The zero-order valence-electron chi connectivity index (χ0n) is 19.8. The predicted molar refractivity (Wildman–Crippen MR) is 144 cm³/mol. The largest absolute Gasteiger partial charge is 0.345 e. The Morgan fingerprint density at radius 2 is 1.89 bits per heavy atom. The normalized spacial score (nSPS) is 14.0. The molecule has 1 saturated heterocycles. The smallest absolute Gasteiger partial charge is 0.201 e. The molecule has 0 atom stereocenters. The van der Waals surface area contributed by atoms with Crippen molar-refractivity contribution in [2.45, 2.75) is 31.1 Å². The predicted octanol–water partition coefficient (Wildman–Crippen LogP) is 7.31. The SMILES string of the molecule is CCCSNc1ccc(F)c(C(=O)c2c[nH]c3ncc(-c4ccc(SN5CCCC5)cc4)cc23)c1F. The van der Waals surface area contributed by atoms with Gasteiger partial charge in [0.2, 0.25) is 5.78 Å². The van der Waals surface area contributed by atoms with Crippen LogP contribution in [0.3, 0.4) is 0 Å². The number of carbonyl (C=O) groups excluding carboxylic acids is 1. The molecule has 4 aromatic rings. The zero-order chi connectivity index (χ0) is 25.1. The van der Waals surface area contributed by atoms with Crippen LogP contribution >= 0.6 is 23.9 Å². The summed E-state index contributed by atoms with van der Waals surface area (Å²) in [5.41, 5.74) is 1.94. The van der Waals surface area contributed by atoms with Gasteiger partial charge in [0.1, 0.15) is 11.5 Å². The summed E-state index contributed by atoms with van der Waals surface area (Å²) in [6.45, 7) is 4.22. The minimum absolute atomic E-state index is 0.0868. The first-order valence-corrected chi connectivity index (χ1v) is 13.7. The van der Waals surface area contributed by atoms with Crippen LogP contribution < -0.4 is 4.72 Å². The van der Waals surface area contributed by atoms with Crippen molar-refractivity contribution in [1.82, 2.24) is 14.3 Å². The van der Waals surface area contributed by atoms with Gasteiger partial charge >= 0.3 is 0 Å². The van der Waals surface area contributed by atoms with Gasteiger partial charge in [-0.05, 0) is 67.1 Å². The maximum absolute atomic E-state index is 15.2.